The summed E-state index contributed by atoms with van der Waals surface area (Å²) >= 11 is 1.29. The van der Waals surface area contributed by atoms with Crippen LogP contribution < -0.4 is 14.8 Å². The number of hydrogen-bond donors (Lipinski definition) is 1. The molecule has 2 aromatic carbocycles. The zero-order valence-corrected chi connectivity index (χ0v) is 23.6. The van der Waals surface area contributed by atoms with Crippen LogP contribution in [0.5, 0.6) is 11.5 Å². The van der Waals surface area contributed by atoms with Gasteiger partial charge in [0.25, 0.3) is 5.91 Å². The molecule has 2 fully saturated rings. The summed E-state index contributed by atoms with van der Waals surface area (Å²) in [5, 5.41) is 2.88. The van der Waals surface area contributed by atoms with E-state index >= 15 is 0 Å². The molecule has 10 nitrogen and oxygen atoms in total. The van der Waals surface area contributed by atoms with E-state index in [-0.39, 0.29) is 36.0 Å². The molecule has 0 spiro atoms. The van der Waals surface area contributed by atoms with Crippen molar-refractivity contribution in [3.05, 3.63) is 59.7 Å². The average Bonchev–Trinajstić information content (AvgIpc) is 3.51. The first-order chi connectivity index (χ1) is 18.5. The van der Waals surface area contributed by atoms with E-state index in [0.717, 1.165) is 11.1 Å². The minimum atomic E-state index is -3.20. The van der Waals surface area contributed by atoms with E-state index in [2.05, 4.69) is 10.3 Å². The molecular formula is C27H31N3O7S2. The molecule has 3 heterocycles. The van der Waals surface area contributed by atoms with E-state index in [0.29, 0.717) is 23.2 Å². The maximum absolute atomic E-state index is 13.6. The quantitative estimate of drug-likeness (QED) is 0.555. The molecule has 3 atom stereocenters. The van der Waals surface area contributed by atoms with Crippen LogP contribution in [0.3, 0.4) is 0 Å². The molecular weight excluding hydrogens is 542 g/mol. The Morgan fingerprint density at radius 3 is 2.59 bits per heavy atom. The molecule has 2 aromatic rings. The lowest BCUT2D eigenvalue weighted by atomic mass is 10.1. The number of benzene rings is 2. The number of carbonyl (C=O) groups excluding carboxylic acids is 2. The lowest BCUT2D eigenvalue weighted by Crippen LogP contribution is -2.45. The third kappa shape index (κ3) is 6.67. The highest BCUT2D eigenvalue weighted by Gasteiger charge is 2.49. The predicted octanol–water partition coefficient (Wildman–Crippen LogP) is 3.15. The number of ether oxygens (including phenoxy) is 3. The Labute approximate surface area is 232 Å². The zero-order chi connectivity index (χ0) is 27.8. The summed E-state index contributed by atoms with van der Waals surface area (Å²) in [5.74, 6) is 0.750. The van der Waals surface area contributed by atoms with Crippen LogP contribution >= 0.6 is 11.8 Å². The maximum Gasteiger partial charge on any atom is 0.408 e. The van der Waals surface area contributed by atoms with Crippen molar-refractivity contribution < 1.29 is 32.2 Å². The summed E-state index contributed by atoms with van der Waals surface area (Å²) in [5.41, 5.74) is 0.992. The van der Waals surface area contributed by atoms with Crippen molar-refractivity contribution in [3.63, 3.8) is 0 Å². The zero-order valence-electron chi connectivity index (χ0n) is 22.0. The molecule has 5 rings (SSSR count). The van der Waals surface area contributed by atoms with Gasteiger partial charge in [-0.1, -0.05) is 48.2 Å². The number of carbonyl (C=O) groups is 2. The van der Waals surface area contributed by atoms with E-state index in [1.807, 2.05) is 53.4 Å². The van der Waals surface area contributed by atoms with Crippen LogP contribution in [0.2, 0.25) is 0 Å². The SMILES string of the molecule is CC(C)(C)OC(=O)N[C@@H](Cc1ccccc1)C(=O)N=C1S[C@H]2CS(=O)(=O)C[C@H]2N1Cc1ccc2c(c1)OCO2. The normalized spacial score (nSPS) is 22.9. The smallest absolute Gasteiger partial charge is 0.408 e. The van der Waals surface area contributed by atoms with Gasteiger partial charge in [-0.25, -0.2) is 13.2 Å². The minimum absolute atomic E-state index is 0.00791. The monoisotopic (exact) mass is 573 g/mol. The van der Waals surface area contributed by atoms with Gasteiger partial charge in [-0.2, -0.15) is 4.99 Å². The first kappa shape index (κ1) is 27.3. The molecule has 3 aliphatic heterocycles. The standard InChI is InChI=1S/C27H31N3O7S2/c1-27(2,3)37-26(32)28-19(11-17-7-5-4-6-8-17)24(31)29-25-30(20-14-39(33,34)15-23(20)38-25)13-18-9-10-21-22(12-18)36-16-35-21/h4-10,12,19-20,23H,11,13-16H2,1-3H3,(H,28,32)/t19-,20+,23-/m0/s1. The Kier molecular flexibility index (Phi) is 7.51. The van der Waals surface area contributed by atoms with Crippen molar-refractivity contribution >= 4 is 38.8 Å². The number of hydrogen-bond acceptors (Lipinski definition) is 8. The van der Waals surface area contributed by atoms with E-state index in [1.165, 1.54) is 11.8 Å². The van der Waals surface area contributed by atoms with E-state index in [1.54, 1.807) is 20.8 Å². The second kappa shape index (κ2) is 10.7. The molecule has 0 saturated carbocycles. The third-order valence-corrected chi connectivity index (χ3v) is 9.69. The topological polar surface area (TPSA) is 124 Å². The average molecular weight is 574 g/mol. The van der Waals surface area contributed by atoms with Crippen molar-refractivity contribution in [2.75, 3.05) is 18.3 Å². The summed E-state index contributed by atoms with van der Waals surface area (Å²) in [6.07, 6.45) is -0.486. The van der Waals surface area contributed by atoms with Gasteiger partial charge in [0.2, 0.25) is 6.79 Å². The van der Waals surface area contributed by atoms with Crippen molar-refractivity contribution in [1.29, 1.82) is 0 Å². The van der Waals surface area contributed by atoms with Gasteiger partial charge in [-0.05, 0) is 44.0 Å². The van der Waals surface area contributed by atoms with Gasteiger partial charge >= 0.3 is 6.09 Å². The Morgan fingerprint density at radius 2 is 1.85 bits per heavy atom. The third-order valence-electron chi connectivity index (χ3n) is 6.44. The van der Waals surface area contributed by atoms with Gasteiger partial charge in [0, 0.05) is 18.2 Å². The molecule has 12 heteroatoms. The molecule has 2 amide bonds. The fourth-order valence-electron chi connectivity index (χ4n) is 4.73. The van der Waals surface area contributed by atoms with Gasteiger partial charge in [0.1, 0.15) is 11.6 Å². The second-order valence-corrected chi connectivity index (χ2v) is 14.1. The van der Waals surface area contributed by atoms with Crippen LogP contribution in [0, 0.1) is 0 Å². The van der Waals surface area contributed by atoms with Crippen molar-refractivity contribution in [1.82, 2.24) is 10.2 Å². The van der Waals surface area contributed by atoms with Crippen molar-refractivity contribution in [3.8, 4) is 11.5 Å². The number of aliphatic imine (C=N–C) groups is 1. The second-order valence-electron chi connectivity index (χ2n) is 10.7. The van der Waals surface area contributed by atoms with Gasteiger partial charge in [0.05, 0.1) is 17.5 Å². The lowest BCUT2D eigenvalue weighted by molar-refractivity contribution is -0.119. The number of sulfone groups is 1. The van der Waals surface area contributed by atoms with Gasteiger partial charge in [-0.15, -0.1) is 0 Å². The van der Waals surface area contributed by atoms with E-state index in [4.69, 9.17) is 14.2 Å². The van der Waals surface area contributed by atoms with Crippen LogP contribution in [0.1, 0.15) is 31.9 Å². The summed E-state index contributed by atoms with van der Waals surface area (Å²) in [4.78, 5) is 32.5. The largest absolute Gasteiger partial charge is 0.454 e. The number of fused-ring (bicyclic) bond motifs is 2. The molecule has 39 heavy (non-hydrogen) atoms. The Bertz CT molecular complexity index is 1390. The van der Waals surface area contributed by atoms with Gasteiger partial charge < -0.3 is 24.4 Å². The molecule has 0 radical (unpaired) electrons. The molecule has 0 bridgehead atoms. The van der Waals surface area contributed by atoms with Crippen LogP contribution in [-0.4, -0.2) is 71.7 Å². The van der Waals surface area contributed by atoms with Gasteiger partial charge in [-0.3, -0.25) is 4.79 Å². The van der Waals surface area contributed by atoms with Crippen molar-refractivity contribution in [2.24, 2.45) is 4.99 Å². The van der Waals surface area contributed by atoms with Crippen LogP contribution in [-0.2, 0) is 32.3 Å². The predicted molar refractivity (Wildman–Crippen MR) is 148 cm³/mol. The molecule has 3 aliphatic rings. The molecule has 0 aromatic heterocycles. The minimum Gasteiger partial charge on any atom is -0.454 e. The highest BCUT2D eigenvalue weighted by Crippen LogP contribution is 2.40. The van der Waals surface area contributed by atoms with Gasteiger partial charge in [0.15, 0.2) is 26.5 Å². The van der Waals surface area contributed by atoms with E-state index in [9.17, 15) is 18.0 Å². The maximum atomic E-state index is 13.6. The first-order valence-electron chi connectivity index (χ1n) is 12.6. The number of nitrogens with one attached hydrogen (secondary N) is 1. The fraction of sp³-hybridized carbons (Fsp3) is 0.444. The number of rotatable bonds is 6. The Balaban J connectivity index is 1.41. The lowest BCUT2D eigenvalue weighted by Gasteiger charge is -2.25. The number of amides is 2. The number of amidine groups is 1. The first-order valence-corrected chi connectivity index (χ1v) is 15.3. The van der Waals surface area contributed by atoms with Crippen molar-refractivity contribution in [2.45, 2.75) is 56.7 Å². The van der Waals surface area contributed by atoms with E-state index < -0.39 is 33.5 Å². The molecule has 208 valence electrons. The number of thioether (sulfide) groups is 1. The molecule has 0 unspecified atom stereocenters. The fourth-order valence-corrected chi connectivity index (χ4v) is 8.68. The van der Waals surface area contributed by atoms with Crippen LogP contribution in [0.15, 0.2) is 53.5 Å². The Morgan fingerprint density at radius 1 is 1.10 bits per heavy atom. The summed E-state index contributed by atoms with van der Waals surface area (Å²) < 4.78 is 41.1. The highest BCUT2D eigenvalue weighted by molar-refractivity contribution is 8.15. The summed E-state index contributed by atoms with van der Waals surface area (Å²) in [6.45, 7) is 5.73. The van der Waals surface area contributed by atoms with Crippen LogP contribution in [0.4, 0.5) is 4.79 Å². The number of alkyl carbamates (subject to hydrolysis) is 1. The summed E-state index contributed by atoms with van der Waals surface area (Å²) in [7, 11) is -3.20. The molecule has 0 aliphatic carbocycles. The summed E-state index contributed by atoms with van der Waals surface area (Å²) in [6, 6.07) is 13.6. The molecule has 2 saturated heterocycles. The number of nitrogens with zero attached hydrogens (tertiary/aromatic N) is 2. The Hall–Kier alpha value is -3.25. The highest BCUT2D eigenvalue weighted by atomic mass is 32.2. The molecule has 1 N–H and O–H groups in total. The van der Waals surface area contributed by atoms with Crippen LogP contribution in [0.25, 0.3) is 0 Å².